The van der Waals surface area contributed by atoms with Crippen LogP contribution < -0.4 is 0 Å². The van der Waals surface area contributed by atoms with Gasteiger partial charge in [-0.1, -0.05) is 6.58 Å². The average Bonchev–Trinajstić information content (AvgIpc) is 2.96. The van der Waals surface area contributed by atoms with E-state index in [1.807, 2.05) is 5.38 Å². The van der Waals surface area contributed by atoms with Crippen LogP contribution in [0.4, 0.5) is 0 Å². The van der Waals surface area contributed by atoms with Crippen molar-refractivity contribution >= 4 is 17.2 Å². The molecule has 5 heteroatoms. The monoisotopic (exact) mass is 238 g/mol. The Kier molecular flexibility index (Phi) is 3.69. The second-order valence-corrected chi connectivity index (χ2v) is 4.62. The van der Waals surface area contributed by atoms with E-state index in [4.69, 9.17) is 4.74 Å². The van der Waals surface area contributed by atoms with E-state index >= 15 is 0 Å². The van der Waals surface area contributed by atoms with Crippen molar-refractivity contribution in [2.75, 3.05) is 13.1 Å². The van der Waals surface area contributed by atoms with Crippen molar-refractivity contribution in [3.63, 3.8) is 0 Å². The van der Waals surface area contributed by atoms with Crippen LogP contribution in [0.15, 0.2) is 24.2 Å². The Bertz CT molecular complexity index is 364. The number of thiazole rings is 1. The van der Waals surface area contributed by atoms with E-state index in [0.29, 0.717) is 13.2 Å². The zero-order valence-corrected chi connectivity index (χ0v) is 9.78. The minimum atomic E-state index is -0.0136. The summed E-state index contributed by atoms with van der Waals surface area (Å²) in [5, 5.41) is 2.91. The Balaban J connectivity index is 1.77. The van der Waals surface area contributed by atoms with Crippen LogP contribution in [0.1, 0.15) is 11.4 Å². The van der Waals surface area contributed by atoms with Crippen LogP contribution in [0.3, 0.4) is 0 Å². The van der Waals surface area contributed by atoms with Crippen LogP contribution in [-0.4, -0.2) is 35.0 Å². The van der Waals surface area contributed by atoms with Crippen molar-refractivity contribution in [2.24, 2.45) is 0 Å². The number of aromatic nitrogens is 1. The lowest BCUT2D eigenvalue weighted by molar-refractivity contribution is -0.125. The summed E-state index contributed by atoms with van der Waals surface area (Å²) >= 11 is 1.59. The molecule has 0 radical (unpaired) electrons. The van der Waals surface area contributed by atoms with Gasteiger partial charge in [-0.3, -0.25) is 4.79 Å². The zero-order valence-electron chi connectivity index (χ0n) is 8.96. The van der Waals surface area contributed by atoms with E-state index in [0.717, 1.165) is 18.0 Å². The van der Waals surface area contributed by atoms with Crippen LogP contribution in [0, 0.1) is 0 Å². The van der Waals surface area contributed by atoms with Crippen molar-refractivity contribution < 1.29 is 9.53 Å². The highest BCUT2D eigenvalue weighted by Gasteiger charge is 2.25. The number of rotatable bonds is 4. The highest BCUT2D eigenvalue weighted by molar-refractivity contribution is 7.09. The van der Waals surface area contributed by atoms with E-state index in [9.17, 15) is 4.79 Å². The summed E-state index contributed by atoms with van der Waals surface area (Å²) < 4.78 is 5.69. The standard InChI is InChI=1S/C11H14N2O2S/c1-2-11(14)13-5-3-9(7-13)15-8-10-12-4-6-16-10/h2,4,6,9H,1,3,5,7-8H2. The van der Waals surface area contributed by atoms with Crippen molar-refractivity contribution in [3.8, 4) is 0 Å². The predicted molar refractivity (Wildman–Crippen MR) is 62.1 cm³/mol. The van der Waals surface area contributed by atoms with E-state index in [2.05, 4.69) is 11.6 Å². The van der Waals surface area contributed by atoms with Gasteiger partial charge in [0.1, 0.15) is 5.01 Å². The number of carbonyl (C=O) groups is 1. The smallest absolute Gasteiger partial charge is 0.246 e. The Morgan fingerprint density at radius 2 is 2.69 bits per heavy atom. The number of hydrogen-bond donors (Lipinski definition) is 0. The highest BCUT2D eigenvalue weighted by Crippen LogP contribution is 2.15. The lowest BCUT2D eigenvalue weighted by Gasteiger charge is -2.14. The molecule has 1 atom stereocenters. The molecule has 16 heavy (non-hydrogen) atoms. The molecule has 86 valence electrons. The number of likely N-dealkylation sites (tertiary alicyclic amines) is 1. The largest absolute Gasteiger partial charge is 0.369 e. The summed E-state index contributed by atoms with van der Waals surface area (Å²) in [5.41, 5.74) is 0. The number of ether oxygens (including phenoxy) is 1. The maximum Gasteiger partial charge on any atom is 0.246 e. The third kappa shape index (κ3) is 2.68. The summed E-state index contributed by atoms with van der Waals surface area (Å²) in [4.78, 5) is 17.2. The first-order chi connectivity index (χ1) is 7.79. The molecule has 1 amide bonds. The first kappa shape index (κ1) is 11.3. The Hall–Kier alpha value is -1.20. The number of hydrogen-bond acceptors (Lipinski definition) is 4. The fourth-order valence-corrected chi connectivity index (χ4v) is 2.24. The molecule has 1 aromatic heterocycles. The van der Waals surface area contributed by atoms with Crippen molar-refractivity contribution in [2.45, 2.75) is 19.1 Å². The van der Waals surface area contributed by atoms with Crippen LogP contribution >= 0.6 is 11.3 Å². The van der Waals surface area contributed by atoms with Gasteiger partial charge in [-0.05, 0) is 12.5 Å². The highest BCUT2D eigenvalue weighted by atomic mass is 32.1. The second kappa shape index (κ2) is 5.23. The van der Waals surface area contributed by atoms with Crippen molar-refractivity contribution in [3.05, 3.63) is 29.2 Å². The van der Waals surface area contributed by atoms with Crippen LogP contribution in [0.25, 0.3) is 0 Å². The zero-order chi connectivity index (χ0) is 11.4. The molecule has 1 aromatic rings. The summed E-state index contributed by atoms with van der Waals surface area (Å²) in [5.74, 6) is -0.0136. The molecule has 0 saturated carbocycles. The lowest BCUT2D eigenvalue weighted by atomic mass is 10.3. The molecule has 0 N–H and O–H groups in total. The molecular weight excluding hydrogens is 224 g/mol. The maximum atomic E-state index is 11.3. The lowest BCUT2D eigenvalue weighted by Crippen LogP contribution is -2.28. The number of amides is 1. The first-order valence-corrected chi connectivity index (χ1v) is 6.09. The fourth-order valence-electron chi connectivity index (χ4n) is 1.71. The van der Waals surface area contributed by atoms with Gasteiger partial charge in [-0.25, -0.2) is 4.98 Å². The summed E-state index contributed by atoms with van der Waals surface area (Å²) in [6.07, 6.45) is 4.15. The van der Waals surface area contributed by atoms with E-state index in [1.54, 1.807) is 22.4 Å². The summed E-state index contributed by atoms with van der Waals surface area (Å²) in [6.45, 7) is 5.44. The van der Waals surface area contributed by atoms with Gasteiger partial charge in [0.25, 0.3) is 0 Å². The molecule has 1 unspecified atom stereocenters. The summed E-state index contributed by atoms with van der Waals surface area (Å²) in [6, 6.07) is 0. The topological polar surface area (TPSA) is 42.4 Å². The third-order valence-electron chi connectivity index (χ3n) is 2.56. The minimum absolute atomic E-state index is 0.0136. The second-order valence-electron chi connectivity index (χ2n) is 3.64. The van der Waals surface area contributed by atoms with E-state index in [-0.39, 0.29) is 12.0 Å². The van der Waals surface area contributed by atoms with Crippen molar-refractivity contribution in [1.29, 1.82) is 0 Å². The van der Waals surface area contributed by atoms with Gasteiger partial charge in [0, 0.05) is 24.7 Å². The molecule has 2 rings (SSSR count). The summed E-state index contributed by atoms with van der Waals surface area (Å²) in [7, 11) is 0. The van der Waals surface area contributed by atoms with Gasteiger partial charge in [-0.2, -0.15) is 0 Å². The molecule has 2 heterocycles. The third-order valence-corrected chi connectivity index (χ3v) is 3.31. The molecular formula is C11H14N2O2S. The predicted octanol–water partition coefficient (Wildman–Crippen LogP) is 1.45. The van der Waals surface area contributed by atoms with E-state index < -0.39 is 0 Å². The molecule has 0 bridgehead atoms. The van der Waals surface area contributed by atoms with Crippen LogP contribution in [-0.2, 0) is 16.1 Å². The Morgan fingerprint density at radius 3 is 3.38 bits per heavy atom. The van der Waals surface area contributed by atoms with Crippen molar-refractivity contribution in [1.82, 2.24) is 9.88 Å². The molecule has 0 spiro atoms. The number of nitrogens with zero attached hydrogens (tertiary/aromatic N) is 2. The molecule has 1 aliphatic heterocycles. The maximum absolute atomic E-state index is 11.3. The van der Waals surface area contributed by atoms with Gasteiger partial charge in [-0.15, -0.1) is 11.3 Å². The van der Waals surface area contributed by atoms with Gasteiger partial charge in [0.2, 0.25) is 5.91 Å². The average molecular weight is 238 g/mol. The fraction of sp³-hybridized carbons (Fsp3) is 0.455. The molecule has 1 aliphatic rings. The first-order valence-electron chi connectivity index (χ1n) is 5.21. The normalized spacial score (nSPS) is 20.0. The number of carbonyl (C=O) groups excluding carboxylic acids is 1. The quantitative estimate of drug-likeness (QED) is 0.746. The Labute approximate surface area is 98.6 Å². The molecule has 1 fully saturated rings. The Morgan fingerprint density at radius 1 is 1.81 bits per heavy atom. The minimum Gasteiger partial charge on any atom is -0.369 e. The van der Waals surface area contributed by atoms with Gasteiger partial charge < -0.3 is 9.64 Å². The van der Waals surface area contributed by atoms with Gasteiger partial charge in [0.05, 0.1) is 12.7 Å². The van der Waals surface area contributed by atoms with Gasteiger partial charge in [0.15, 0.2) is 0 Å². The van der Waals surface area contributed by atoms with Crippen LogP contribution in [0.5, 0.6) is 0 Å². The molecule has 0 aliphatic carbocycles. The SMILES string of the molecule is C=CC(=O)N1CCC(OCc2nccs2)C1. The molecule has 4 nitrogen and oxygen atoms in total. The van der Waals surface area contributed by atoms with E-state index in [1.165, 1.54) is 6.08 Å². The molecule has 0 aromatic carbocycles. The van der Waals surface area contributed by atoms with Crippen LogP contribution in [0.2, 0.25) is 0 Å². The molecule has 1 saturated heterocycles. The van der Waals surface area contributed by atoms with Gasteiger partial charge >= 0.3 is 0 Å².